The van der Waals surface area contributed by atoms with Gasteiger partial charge < -0.3 is 14.7 Å². The zero-order valence-electron chi connectivity index (χ0n) is 21.4. The van der Waals surface area contributed by atoms with Gasteiger partial charge in [0.15, 0.2) is 0 Å². The predicted octanol–water partition coefficient (Wildman–Crippen LogP) is 4.76. The minimum Gasteiger partial charge on any atom is -0.337 e. The molecule has 0 spiro atoms. The second kappa shape index (κ2) is 12.5. The Morgan fingerprint density at radius 1 is 1.00 bits per heavy atom. The van der Waals surface area contributed by atoms with Gasteiger partial charge in [-0.2, -0.15) is 0 Å². The SMILES string of the molecule is Cc1nc(CC(=O)N2CCN(CC(C)C)CCCN(C(=O)CC(C)C)c3ccccc3C2)cs1. The number of fused-ring (bicyclic) bond motifs is 1. The molecule has 0 unspecified atom stereocenters. The minimum atomic E-state index is 0.0869. The van der Waals surface area contributed by atoms with Crippen molar-refractivity contribution >= 4 is 28.8 Å². The molecule has 1 aliphatic rings. The monoisotopic (exact) mass is 484 g/mol. The first-order chi connectivity index (χ1) is 16.2. The Labute approximate surface area is 209 Å². The van der Waals surface area contributed by atoms with E-state index < -0.39 is 0 Å². The maximum Gasteiger partial charge on any atom is 0.228 e. The summed E-state index contributed by atoms with van der Waals surface area (Å²) in [5, 5.41) is 2.96. The number of carbonyl (C=O) groups is 2. The average molecular weight is 485 g/mol. The highest BCUT2D eigenvalue weighted by atomic mass is 32.1. The standard InChI is InChI=1S/C27H40N4O2S/c1-20(2)15-27(33)31-12-8-11-29(17-21(3)4)13-14-30(18-23-9-6-7-10-25(23)31)26(32)16-24-19-34-22(5)28-24/h6-7,9-10,19-21H,8,11-18H2,1-5H3. The van der Waals surface area contributed by atoms with E-state index in [-0.39, 0.29) is 11.8 Å². The molecule has 2 heterocycles. The molecule has 3 rings (SSSR count). The summed E-state index contributed by atoms with van der Waals surface area (Å²) in [5.41, 5.74) is 2.80. The van der Waals surface area contributed by atoms with Crippen LogP contribution in [0.3, 0.4) is 0 Å². The van der Waals surface area contributed by atoms with Gasteiger partial charge in [-0.15, -0.1) is 11.3 Å². The molecule has 0 saturated carbocycles. The molecule has 0 bridgehead atoms. The molecule has 2 aromatic rings. The van der Waals surface area contributed by atoms with E-state index in [9.17, 15) is 9.59 Å². The molecule has 1 aromatic heterocycles. The van der Waals surface area contributed by atoms with Gasteiger partial charge in [0.25, 0.3) is 0 Å². The molecule has 7 heteroatoms. The molecule has 1 aromatic carbocycles. The van der Waals surface area contributed by atoms with Crippen LogP contribution in [0, 0.1) is 18.8 Å². The number of rotatable bonds is 6. The maximum absolute atomic E-state index is 13.4. The molecule has 0 saturated heterocycles. The first kappa shape index (κ1) is 26.4. The number of benzene rings is 1. The molecule has 0 fully saturated rings. The van der Waals surface area contributed by atoms with E-state index in [0.717, 1.165) is 48.0 Å². The van der Waals surface area contributed by atoms with E-state index >= 15 is 0 Å². The molecular formula is C27H40N4O2S. The van der Waals surface area contributed by atoms with Crippen LogP contribution in [0.2, 0.25) is 0 Å². The fourth-order valence-corrected chi connectivity index (χ4v) is 5.14. The zero-order chi connectivity index (χ0) is 24.7. The third-order valence-corrected chi connectivity index (χ3v) is 6.87. The summed E-state index contributed by atoms with van der Waals surface area (Å²) >= 11 is 1.58. The molecule has 0 atom stereocenters. The number of carbonyl (C=O) groups excluding carboxylic acids is 2. The summed E-state index contributed by atoms with van der Waals surface area (Å²) < 4.78 is 0. The van der Waals surface area contributed by atoms with Gasteiger partial charge in [0, 0.05) is 50.2 Å². The Kier molecular flexibility index (Phi) is 9.65. The fourth-order valence-electron chi connectivity index (χ4n) is 4.53. The summed E-state index contributed by atoms with van der Waals surface area (Å²) in [7, 11) is 0. The molecule has 0 radical (unpaired) electrons. The van der Waals surface area contributed by atoms with E-state index in [2.05, 4.69) is 43.6 Å². The van der Waals surface area contributed by atoms with Crippen molar-refractivity contribution in [3.63, 3.8) is 0 Å². The van der Waals surface area contributed by atoms with Crippen molar-refractivity contribution in [2.75, 3.05) is 37.6 Å². The first-order valence-electron chi connectivity index (χ1n) is 12.5. The van der Waals surface area contributed by atoms with Crippen molar-refractivity contribution in [1.82, 2.24) is 14.8 Å². The normalized spacial score (nSPS) is 16.0. The number of thiazole rings is 1. The van der Waals surface area contributed by atoms with Crippen LogP contribution in [-0.2, 0) is 22.6 Å². The van der Waals surface area contributed by atoms with Gasteiger partial charge in [-0.25, -0.2) is 4.98 Å². The van der Waals surface area contributed by atoms with Crippen molar-refractivity contribution < 1.29 is 9.59 Å². The molecule has 34 heavy (non-hydrogen) atoms. The van der Waals surface area contributed by atoms with E-state index in [0.29, 0.717) is 44.3 Å². The molecule has 0 aliphatic carbocycles. The van der Waals surface area contributed by atoms with Crippen LogP contribution >= 0.6 is 11.3 Å². The van der Waals surface area contributed by atoms with Gasteiger partial charge >= 0.3 is 0 Å². The van der Waals surface area contributed by atoms with E-state index in [1.54, 1.807) is 11.3 Å². The van der Waals surface area contributed by atoms with E-state index in [4.69, 9.17) is 0 Å². The third-order valence-electron chi connectivity index (χ3n) is 6.04. The van der Waals surface area contributed by atoms with Gasteiger partial charge in [-0.05, 0) is 43.4 Å². The third kappa shape index (κ3) is 7.64. The van der Waals surface area contributed by atoms with E-state index in [1.165, 1.54) is 0 Å². The summed E-state index contributed by atoms with van der Waals surface area (Å²) in [5.74, 6) is 1.09. The second-order valence-corrected chi connectivity index (χ2v) is 11.2. The average Bonchev–Trinajstić information content (AvgIpc) is 3.16. The van der Waals surface area contributed by atoms with Crippen molar-refractivity contribution in [2.45, 2.75) is 60.4 Å². The Morgan fingerprint density at radius 2 is 1.76 bits per heavy atom. The first-order valence-corrected chi connectivity index (χ1v) is 13.4. The predicted molar refractivity (Wildman–Crippen MR) is 140 cm³/mol. The minimum absolute atomic E-state index is 0.0869. The number of hydrogen-bond acceptors (Lipinski definition) is 5. The topological polar surface area (TPSA) is 56.8 Å². The lowest BCUT2D eigenvalue weighted by Gasteiger charge is -2.29. The number of para-hydroxylation sites is 1. The second-order valence-electron chi connectivity index (χ2n) is 10.2. The lowest BCUT2D eigenvalue weighted by molar-refractivity contribution is -0.131. The molecule has 186 valence electrons. The Morgan fingerprint density at radius 3 is 2.44 bits per heavy atom. The Hall–Kier alpha value is -2.25. The number of aryl methyl sites for hydroxylation is 1. The van der Waals surface area contributed by atoms with Crippen LogP contribution in [0.1, 0.15) is 56.8 Å². The van der Waals surface area contributed by atoms with E-state index in [1.807, 2.05) is 40.3 Å². The van der Waals surface area contributed by atoms with Gasteiger partial charge in [-0.1, -0.05) is 45.9 Å². The maximum atomic E-state index is 13.4. The number of anilines is 1. The van der Waals surface area contributed by atoms with Gasteiger partial charge in [0.1, 0.15) is 0 Å². The quantitative estimate of drug-likeness (QED) is 0.593. The van der Waals surface area contributed by atoms with Crippen molar-refractivity contribution in [3.05, 3.63) is 45.9 Å². The highest BCUT2D eigenvalue weighted by molar-refractivity contribution is 7.09. The molecule has 1 aliphatic heterocycles. The van der Waals surface area contributed by atoms with Crippen LogP contribution in [0.15, 0.2) is 29.6 Å². The molecule has 0 N–H and O–H groups in total. The van der Waals surface area contributed by atoms with Crippen LogP contribution in [0.5, 0.6) is 0 Å². The lowest BCUT2D eigenvalue weighted by Crippen LogP contribution is -2.40. The number of amides is 2. The summed E-state index contributed by atoms with van der Waals surface area (Å²) in [4.78, 5) is 37.5. The van der Waals surface area contributed by atoms with Crippen LogP contribution in [0.25, 0.3) is 0 Å². The number of aromatic nitrogens is 1. The molecule has 6 nitrogen and oxygen atoms in total. The van der Waals surface area contributed by atoms with Gasteiger partial charge in [-0.3, -0.25) is 9.59 Å². The van der Waals surface area contributed by atoms with Crippen LogP contribution in [0.4, 0.5) is 5.69 Å². The number of nitrogens with zero attached hydrogens (tertiary/aromatic N) is 4. The summed E-state index contributed by atoms with van der Waals surface area (Å²) in [6, 6.07) is 8.08. The van der Waals surface area contributed by atoms with Crippen molar-refractivity contribution in [3.8, 4) is 0 Å². The molecular weight excluding hydrogens is 444 g/mol. The zero-order valence-corrected chi connectivity index (χ0v) is 22.2. The van der Waals surface area contributed by atoms with Gasteiger partial charge in [0.05, 0.1) is 17.1 Å². The van der Waals surface area contributed by atoms with Gasteiger partial charge in [0.2, 0.25) is 11.8 Å². The highest BCUT2D eigenvalue weighted by Gasteiger charge is 2.24. The smallest absolute Gasteiger partial charge is 0.228 e. The highest BCUT2D eigenvalue weighted by Crippen LogP contribution is 2.25. The molecule has 2 amide bonds. The van der Waals surface area contributed by atoms with Crippen molar-refractivity contribution in [2.24, 2.45) is 11.8 Å². The summed E-state index contributed by atoms with van der Waals surface area (Å²) in [6.45, 7) is 15.2. The Bertz CT molecular complexity index is 956. The largest absolute Gasteiger partial charge is 0.337 e. The van der Waals surface area contributed by atoms with Crippen molar-refractivity contribution in [1.29, 1.82) is 0 Å². The van der Waals surface area contributed by atoms with Crippen LogP contribution < -0.4 is 4.90 Å². The van der Waals surface area contributed by atoms with Crippen LogP contribution in [-0.4, -0.2) is 59.3 Å². The number of hydrogen-bond donors (Lipinski definition) is 0. The fraction of sp³-hybridized carbons (Fsp3) is 0.593. The lowest BCUT2D eigenvalue weighted by atomic mass is 10.1. The Balaban J connectivity index is 1.91. The summed E-state index contributed by atoms with van der Waals surface area (Å²) in [6.07, 6.45) is 1.75.